The molecule has 0 fully saturated rings. The molecule has 1 rings (SSSR count). The minimum Gasteiger partial charge on any atom is -0.426 e. The van der Waals surface area contributed by atoms with Gasteiger partial charge in [0.2, 0.25) is 5.12 Å². The van der Waals surface area contributed by atoms with Crippen LogP contribution in [0.5, 0.6) is 5.75 Å². The second-order valence-electron chi connectivity index (χ2n) is 2.80. The lowest BCUT2D eigenvalue weighted by atomic mass is 10.2. The molecule has 0 aliphatic rings. The second-order valence-corrected chi connectivity index (χ2v) is 3.24. The van der Waals surface area contributed by atoms with Crippen LogP contribution >= 0.6 is 12.6 Å². The Balaban J connectivity index is 2.95. The van der Waals surface area contributed by atoms with E-state index in [0.29, 0.717) is 11.3 Å². The van der Waals surface area contributed by atoms with Crippen LogP contribution in [0.25, 0.3) is 6.08 Å². The van der Waals surface area contributed by atoms with E-state index < -0.39 is 5.97 Å². The quantitative estimate of drug-likeness (QED) is 0.368. The number of hydrogen-bond donors (Lipinski definition) is 1. The zero-order valence-corrected chi connectivity index (χ0v) is 9.03. The summed E-state index contributed by atoms with van der Waals surface area (Å²) < 4.78 is 4.95. The first-order chi connectivity index (χ1) is 7.09. The van der Waals surface area contributed by atoms with Crippen molar-refractivity contribution in [1.82, 2.24) is 0 Å². The van der Waals surface area contributed by atoms with E-state index in [1.807, 2.05) is 0 Å². The van der Waals surface area contributed by atoms with E-state index in [1.165, 1.54) is 13.0 Å². The van der Waals surface area contributed by atoms with E-state index in [0.717, 1.165) is 0 Å². The van der Waals surface area contributed by atoms with Crippen LogP contribution in [-0.4, -0.2) is 11.1 Å². The number of ether oxygens (including phenoxy) is 1. The van der Waals surface area contributed by atoms with Gasteiger partial charge in [0, 0.05) is 12.5 Å². The number of thiol groups is 1. The Labute approximate surface area is 93.2 Å². The summed E-state index contributed by atoms with van der Waals surface area (Å²) in [6.45, 7) is 1.32. The standard InChI is InChI=1S/C11H10O3S/c1-8(12)14-10-5-3-2-4-9(10)6-7-11(13)15/h2-7H,1H3,(H,13,15)/b7-6-. The average molecular weight is 222 g/mol. The number of carbonyl (C=O) groups excluding carboxylic acids is 2. The largest absolute Gasteiger partial charge is 0.426 e. The predicted molar refractivity (Wildman–Crippen MR) is 60.8 cm³/mol. The molecular formula is C11H10O3S. The highest BCUT2D eigenvalue weighted by atomic mass is 32.1. The fourth-order valence-electron chi connectivity index (χ4n) is 1.03. The Morgan fingerprint density at radius 2 is 2.00 bits per heavy atom. The zero-order valence-electron chi connectivity index (χ0n) is 8.14. The Kier molecular flexibility index (Phi) is 4.12. The topological polar surface area (TPSA) is 43.4 Å². The van der Waals surface area contributed by atoms with Gasteiger partial charge in [-0.2, -0.15) is 0 Å². The third-order valence-corrected chi connectivity index (χ3v) is 1.73. The van der Waals surface area contributed by atoms with Crippen molar-refractivity contribution in [1.29, 1.82) is 0 Å². The predicted octanol–water partition coefficient (Wildman–Crippen LogP) is 2.08. The SMILES string of the molecule is CC(=O)Oc1ccccc1/C=C\C(=O)S. The fourth-order valence-corrected chi connectivity index (χ4v) is 1.10. The molecule has 0 amide bonds. The van der Waals surface area contributed by atoms with Crippen molar-refractivity contribution in [3.8, 4) is 5.75 Å². The molecule has 0 aromatic heterocycles. The first-order valence-electron chi connectivity index (χ1n) is 4.28. The molecule has 15 heavy (non-hydrogen) atoms. The maximum Gasteiger partial charge on any atom is 0.308 e. The van der Waals surface area contributed by atoms with Crippen LogP contribution in [0.2, 0.25) is 0 Å². The van der Waals surface area contributed by atoms with Gasteiger partial charge in [0.05, 0.1) is 0 Å². The summed E-state index contributed by atoms with van der Waals surface area (Å²) in [5.41, 5.74) is 0.662. The van der Waals surface area contributed by atoms with Crippen LogP contribution in [0, 0.1) is 0 Å². The van der Waals surface area contributed by atoms with Gasteiger partial charge in [0.15, 0.2) is 0 Å². The van der Waals surface area contributed by atoms with Gasteiger partial charge >= 0.3 is 5.97 Å². The summed E-state index contributed by atoms with van der Waals surface area (Å²) in [5, 5.41) is -0.354. The summed E-state index contributed by atoms with van der Waals surface area (Å²) in [6.07, 6.45) is 2.85. The van der Waals surface area contributed by atoms with Gasteiger partial charge in [0.1, 0.15) is 5.75 Å². The van der Waals surface area contributed by atoms with E-state index in [9.17, 15) is 9.59 Å². The van der Waals surface area contributed by atoms with Crippen LogP contribution in [0.1, 0.15) is 12.5 Å². The first-order valence-corrected chi connectivity index (χ1v) is 4.73. The lowest BCUT2D eigenvalue weighted by molar-refractivity contribution is -0.131. The lowest BCUT2D eigenvalue weighted by Crippen LogP contribution is -2.02. The number of rotatable bonds is 3. The van der Waals surface area contributed by atoms with Gasteiger partial charge in [0.25, 0.3) is 0 Å². The van der Waals surface area contributed by atoms with Gasteiger partial charge in [-0.15, -0.1) is 12.6 Å². The number of carbonyl (C=O) groups is 2. The molecule has 0 aliphatic carbocycles. The van der Waals surface area contributed by atoms with Gasteiger partial charge in [-0.1, -0.05) is 18.2 Å². The third-order valence-electron chi connectivity index (χ3n) is 1.58. The van der Waals surface area contributed by atoms with E-state index >= 15 is 0 Å². The minimum atomic E-state index is -0.395. The molecule has 0 unspecified atom stereocenters. The van der Waals surface area contributed by atoms with E-state index in [1.54, 1.807) is 30.3 Å². The Morgan fingerprint density at radius 1 is 1.33 bits per heavy atom. The summed E-state index contributed by atoms with van der Waals surface area (Å²) in [7, 11) is 0. The molecule has 0 heterocycles. The molecule has 4 heteroatoms. The molecule has 0 saturated carbocycles. The maximum absolute atomic E-state index is 10.8. The summed E-state index contributed by atoms with van der Waals surface area (Å²) >= 11 is 3.60. The van der Waals surface area contributed by atoms with Crippen molar-refractivity contribution in [2.75, 3.05) is 0 Å². The van der Waals surface area contributed by atoms with Crippen LogP contribution in [0.3, 0.4) is 0 Å². The van der Waals surface area contributed by atoms with Crippen LogP contribution in [0.15, 0.2) is 30.3 Å². The normalized spacial score (nSPS) is 10.3. The summed E-state index contributed by atoms with van der Waals surface area (Å²) in [6, 6.07) is 6.93. The molecule has 1 aromatic rings. The van der Waals surface area contributed by atoms with E-state index in [2.05, 4.69) is 12.6 Å². The van der Waals surface area contributed by atoms with Crippen molar-refractivity contribution < 1.29 is 14.3 Å². The van der Waals surface area contributed by atoms with Crippen LogP contribution in [-0.2, 0) is 9.59 Å². The summed E-state index contributed by atoms with van der Waals surface area (Å²) in [5.74, 6) is 0.0314. The number of esters is 1. The first kappa shape index (κ1) is 11.5. The minimum absolute atomic E-state index is 0.354. The molecule has 0 bridgehead atoms. The van der Waals surface area contributed by atoms with Crippen molar-refractivity contribution >= 4 is 29.8 Å². The zero-order chi connectivity index (χ0) is 11.3. The van der Waals surface area contributed by atoms with Crippen LogP contribution in [0.4, 0.5) is 0 Å². The number of hydrogen-bond acceptors (Lipinski definition) is 3. The van der Waals surface area contributed by atoms with Crippen molar-refractivity contribution in [3.63, 3.8) is 0 Å². The Bertz CT molecular complexity index is 410. The number of benzene rings is 1. The summed E-state index contributed by atoms with van der Waals surface area (Å²) in [4.78, 5) is 21.4. The van der Waals surface area contributed by atoms with Gasteiger partial charge < -0.3 is 4.74 Å². The van der Waals surface area contributed by atoms with Crippen LogP contribution < -0.4 is 4.74 Å². The molecule has 0 atom stereocenters. The van der Waals surface area contributed by atoms with E-state index in [-0.39, 0.29) is 5.12 Å². The molecule has 3 nitrogen and oxygen atoms in total. The van der Waals surface area contributed by atoms with Crippen molar-refractivity contribution in [3.05, 3.63) is 35.9 Å². The third kappa shape index (κ3) is 3.99. The molecule has 1 aromatic carbocycles. The Morgan fingerprint density at radius 3 is 2.60 bits per heavy atom. The highest BCUT2D eigenvalue weighted by Crippen LogP contribution is 2.19. The molecular weight excluding hydrogens is 212 g/mol. The lowest BCUT2D eigenvalue weighted by Gasteiger charge is -2.04. The van der Waals surface area contributed by atoms with E-state index in [4.69, 9.17) is 4.74 Å². The second kappa shape index (κ2) is 5.36. The van der Waals surface area contributed by atoms with Crippen molar-refractivity contribution in [2.24, 2.45) is 0 Å². The molecule has 0 spiro atoms. The average Bonchev–Trinajstić information content (AvgIpc) is 2.15. The van der Waals surface area contributed by atoms with Gasteiger partial charge in [-0.3, -0.25) is 9.59 Å². The fraction of sp³-hybridized carbons (Fsp3) is 0.0909. The maximum atomic E-state index is 10.8. The van der Waals surface area contributed by atoms with Gasteiger partial charge in [-0.25, -0.2) is 0 Å². The molecule has 0 aliphatic heterocycles. The highest BCUT2D eigenvalue weighted by Gasteiger charge is 2.02. The molecule has 0 N–H and O–H groups in total. The molecule has 0 saturated heterocycles. The highest BCUT2D eigenvalue weighted by molar-refractivity contribution is 7.97. The van der Waals surface area contributed by atoms with Gasteiger partial charge in [-0.05, 0) is 18.2 Å². The monoisotopic (exact) mass is 222 g/mol. The van der Waals surface area contributed by atoms with Crippen molar-refractivity contribution in [2.45, 2.75) is 6.92 Å². The molecule has 78 valence electrons. The number of para-hydroxylation sites is 1. The molecule has 0 radical (unpaired) electrons. The Hall–Kier alpha value is -1.55. The smallest absolute Gasteiger partial charge is 0.308 e.